The number of hydrogen-bond acceptors (Lipinski definition) is 5. The van der Waals surface area contributed by atoms with Gasteiger partial charge in [-0.3, -0.25) is 0 Å². The summed E-state index contributed by atoms with van der Waals surface area (Å²) < 4.78 is 0. The molecule has 0 aliphatic heterocycles. The summed E-state index contributed by atoms with van der Waals surface area (Å²) >= 11 is 3.65. The third-order valence-corrected chi connectivity index (χ3v) is 6.12. The van der Waals surface area contributed by atoms with Gasteiger partial charge in [0.05, 0.1) is 6.07 Å². The summed E-state index contributed by atoms with van der Waals surface area (Å²) in [4.78, 5) is 12.0. The molecule has 1 unspecified atom stereocenters. The van der Waals surface area contributed by atoms with Crippen LogP contribution < -0.4 is 0 Å². The van der Waals surface area contributed by atoms with E-state index in [0.29, 0.717) is 6.42 Å². The van der Waals surface area contributed by atoms with Gasteiger partial charge < -0.3 is 0 Å². The minimum Gasteiger partial charge on any atom is -0.226 e. The van der Waals surface area contributed by atoms with Gasteiger partial charge in [-0.15, -0.1) is 23.1 Å². The molecule has 1 aliphatic carbocycles. The van der Waals surface area contributed by atoms with E-state index in [9.17, 15) is 0 Å². The molecule has 0 aromatic carbocycles. The fourth-order valence-corrected chi connectivity index (χ4v) is 5.37. The summed E-state index contributed by atoms with van der Waals surface area (Å²) in [5, 5.41) is 11.1. The van der Waals surface area contributed by atoms with Crippen LogP contribution in [-0.2, 0) is 12.8 Å². The number of rotatable bonds is 4. The summed E-state index contributed by atoms with van der Waals surface area (Å²) in [6, 6.07) is 2.21. The van der Waals surface area contributed by atoms with Crippen molar-refractivity contribution in [1.82, 2.24) is 9.97 Å². The van der Waals surface area contributed by atoms with Crippen LogP contribution in [0.25, 0.3) is 10.2 Å². The minimum atomic E-state index is 0.624. The van der Waals surface area contributed by atoms with E-state index in [1.807, 2.05) is 18.3 Å². The van der Waals surface area contributed by atoms with E-state index < -0.39 is 0 Å². The lowest BCUT2D eigenvalue weighted by molar-refractivity contribution is 0.509. The summed E-state index contributed by atoms with van der Waals surface area (Å²) in [7, 11) is 0. The molecule has 1 aliphatic rings. The van der Waals surface area contributed by atoms with Crippen LogP contribution in [0.1, 0.15) is 42.5 Å². The average molecular weight is 317 g/mol. The van der Waals surface area contributed by atoms with Crippen molar-refractivity contribution in [2.24, 2.45) is 5.92 Å². The quantitative estimate of drug-likeness (QED) is 0.472. The lowest BCUT2D eigenvalue weighted by atomic mass is 9.89. The molecule has 0 amide bonds. The molecule has 3 rings (SSSR count). The Hall–Kier alpha value is -1.12. The highest BCUT2D eigenvalue weighted by atomic mass is 32.2. The third-order valence-electron chi connectivity index (χ3n) is 3.91. The van der Waals surface area contributed by atoms with E-state index >= 15 is 0 Å². The first-order valence-electron chi connectivity index (χ1n) is 7.47. The van der Waals surface area contributed by atoms with Crippen LogP contribution in [0.3, 0.4) is 0 Å². The number of aryl methyl sites for hydroxylation is 2. The van der Waals surface area contributed by atoms with Gasteiger partial charge in [0.2, 0.25) is 0 Å². The Balaban J connectivity index is 1.97. The molecule has 3 nitrogen and oxygen atoms in total. The van der Waals surface area contributed by atoms with Crippen molar-refractivity contribution in [3.8, 4) is 6.07 Å². The van der Waals surface area contributed by atoms with E-state index in [4.69, 9.17) is 5.26 Å². The van der Waals surface area contributed by atoms with Gasteiger partial charge in [-0.1, -0.05) is 6.92 Å². The molecular formula is C16H19N3S2. The summed E-state index contributed by atoms with van der Waals surface area (Å²) in [5.41, 5.74) is 1.50. The van der Waals surface area contributed by atoms with Crippen molar-refractivity contribution in [2.45, 2.75) is 51.0 Å². The summed E-state index contributed by atoms with van der Waals surface area (Å²) in [6.07, 6.45) is 5.17. The number of hydrogen-bond donors (Lipinski definition) is 0. The molecule has 2 aromatic rings. The molecule has 1 atom stereocenters. The Labute approximate surface area is 133 Å². The molecule has 2 heterocycles. The van der Waals surface area contributed by atoms with Crippen LogP contribution in [0.5, 0.6) is 0 Å². The molecule has 0 N–H and O–H groups in total. The van der Waals surface area contributed by atoms with Crippen molar-refractivity contribution in [3.05, 3.63) is 16.3 Å². The molecular weight excluding hydrogens is 298 g/mol. The van der Waals surface area contributed by atoms with Gasteiger partial charge in [0.1, 0.15) is 15.7 Å². The van der Waals surface area contributed by atoms with Gasteiger partial charge in [0.15, 0.2) is 0 Å². The first kappa shape index (κ1) is 14.8. The molecule has 0 spiro atoms. The zero-order chi connectivity index (χ0) is 14.8. The number of fused-ring (bicyclic) bond motifs is 3. The second kappa shape index (κ2) is 6.33. The summed E-state index contributed by atoms with van der Waals surface area (Å²) in [5.74, 6) is 2.60. The Morgan fingerprint density at radius 2 is 2.29 bits per heavy atom. The van der Waals surface area contributed by atoms with Crippen LogP contribution in [0.4, 0.5) is 0 Å². The maximum Gasteiger partial charge on any atom is 0.128 e. The van der Waals surface area contributed by atoms with E-state index in [0.717, 1.165) is 40.2 Å². The van der Waals surface area contributed by atoms with Crippen molar-refractivity contribution in [3.63, 3.8) is 0 Å². The fourth-order valence-electron chi connectivity index (χ4n) is 2.84. The zero-order valence-corrected chi connectivity index (χ0v) is 14.1. The van der Waals surface area contributed by atoms with E-state index in [1.165, 1.54) is 28.7 Å². The molecule has 21 heavy (non-hydrogen) atoms. The largest absolute Gasteiger partial charge is 0.226 e. The fraction of sp³-hybridized carbons (Fsp3) is 0.562. The third kappa shape index (κ3) is 3.07. The average Bonchev–Trinajstić information content (AvgIpc) is 2.80. The first-order chi connectivity index (χ1) is 10.2. The molecule has 0 saturated heterocycles. The highest BCUT2D eigenvalue weighted by molar-refractivity contribution is 7.99. The highest BCUT2D eigenvalue weighted by Crippen LogP contribution is 2.40. The van der Waals surface area contributed by atoms with Crippen LogP contribution in [-0.4, -0.2) is 15.7 Å². The van der Waals surface area contributed by atoms with Crippen LogP contribution >= 0.6 is 23.1 Å². The van der Waals surface area contributed by atoms with Crippen molar-refractivity contribution in [1.29, 1.82) is 5.26 Å². The standard InChI is InChI=1S/C16H19N3S2/c1-10-5-6-12-13(9-10)21-16-14(12)15(18-11(2)19-16)20-8-4-3-7-17/h10H,3-6,8-9H2,1-2H3. The first-order valence-corrected chi connectivity index (χ1v) is 9.28. The number of thiophene rings is 1. The Morgan fingerprint density at radius 1 is 1.43 bits per heavy atom. The number of thioether (sulfide) groups is 1. The van der Waals surface area contributed by atoms with Crippen molar-refractivity contribution >= 4 is 33.3 Å². The van der Waals surface area contributed by atoms with Gasteiger partial charge >= 0.3 is 0 Å². The van der Waals surface area contributed by atoms with Crippen molar-refractivity contribution in [2.75, 3.05) is 5.75 Å². The maximum absolute atomic E-state index is 8.65. The van der Waals surface area contributed by atoms with E-state index in [1.54, 1.807) is 11.8 Å². The second-order valence-corrected chi connectivity index (χ2v) is 7.89. The van der Waals surface area contributed by atoms with Gasteiger partial charge in [0.25, 0.3) is 0 Å². The zero-order valence-electron chi connectivity index (χ0n) is 12.5. The Bertz CT molecular complexity index is 700. The van der Waals surface area contributed by atoms with Crippen molar-refractivity contribution < 1.29 is 0 Å². The van der Waals surface area contributed by atoms with E-state index in [-0.39, 0.29) is 0 Å². The molecule has 0 radical (unpaired) electrons. The normalized spacial score (nSPS) is 17.7. The maximum atomic E-state index is 8.65. The number of aromatic nitrogens is 2. The SMILES string of the molecule is Cc1nc(SCCCC#N)c2c3c(sc2n1)CC(C)CC3. The molecule has 2 aromatic heterocycles. The van der Waals surface area contributed by atoms with Crippen LogP contribution in [0, 0.1) is 24.2 Å². The number of nitrogens with zero attached hydrogens (tertiary/aromatic N) is 3. The molecule has 0 fully saturated rings. The van der Waals surface area contributed by atoms with Crippen LogP contribution in [0.2, 0.25) is 0 Å². The monoisotopic (exact) mass is 317 g/mol. The highest BCUT2D eigenvalue weighted by Gasteiger charge is 2.23. The summed E-state index contributed by atoms with van der Waals surface area (Å²) in [6.45, 7) is 4.31. The lowest BCUT2D eigenvalue weighted by Crippen LogP contribution is -2.08. The lowest BCUT2D eigenvalue weighted by Gasteiger charge is -2.18. The van der Waals surface area contributed by atoms with Gasteiger partial charge in [-0.25, -0.2) is 9.97 Å². The topological polar surface area (TPSA) is 49.6 Å². The predicted molar refractivity (Wildman–Crippen MR) is 88.9 cm³/mol. The van der Waals surface area contributed by atoms with Gasteiger partial charge in [-0.2, -0.15) is 5.26 Å². The Morgan fingerprint density at radius 3 is 3.10 bits per heavy atom. The minimum absolute atomic E-state index is 0.624. The predicted octanol–water partition coefficient (Wildman–Crippen LogP) is 4.52. The molecule has 110 valence electrons. The number of unbranched alkanes of at least 4 members (excludes halogenated alkanes) is 1. The molecule has 0 saturated carbocycles. The second-order valence-electron chi connectivity index (χ2n) is 5.72. The molecule has 5 heteroatoms. The smallest absolute Gasteiger partial charge is 0.128 e. The van der Waals surface area contributed by atoms with E-state index in [2.05, 4.69) is 23.0 Å². The molecule has 0 bridgehead atoms. The van der Waals surface area contributed by atoms with Gasteiger partial charge in [0, 0.05) is 22.4 Å². The Kier molecular flexibility index (Phi) is 4.46. The van der Waals surface area contributed by atoms with Crippen LogP contribution in [0.15, 0.2) is 5.03 Å². The number of nitriles is 1. The van der Waals surface area contributed by atoms with Gasteiger partial charge in [-0.05, 0) is 44.1 Å².